The average molecular weight is 979 g/mol. The second kappa shape index (κ2) is 26.3. The number of ether oxygens (including phenoxy) is 4. The molecule has 0 unspecified atom stereocenters. The fourth-order valence-corrected chi connectivity index (χ4v) is 11.1. The Morgan fingerprint density at radius 3 is 0.757 bits per heavy atom. The molecule has 0 bridgehead atoms. The van der Waals surface area contributed by atoms with E-state index in [1.54, 1.807) is 0 Å². The van der Waals surface area contributed by atoms with Crippen LogP contribution in [0.4, 0.5) is 0 Å². The van der Waals surface area contributed by atoms with Crippen molar-refractivity contribution in [1.29, 1.82) is 0 Å². The predicted octanol–water partition coefficient (Wildman–Crippen LogP) is 20.2. The van der Waals surface area contributed by atoms with Crippen LogP contribution in [0.5, 0.6) is 23.0 Å². The van der Waals surface area contributed by atoms with Crippen LogP contribution in [0.1, 0.15) is 116 Å². The Balaban J connectivity index is 0.641. The van der Waals surface area contributed by atoms with Gasteiger partial charge in [0.1, 0.15) is 23.0 Å². The van der Waals surface area contributed by atoms with E-state index >= 15 is 0 Å². The molecule has 0 fully saturated rings. The first-order valence-electron chi connectivity index (χ1n) is 28.2. The molecule has 0 aliphatic heterocycles. The number of hydrogen-bond donors (Lipinski definition) is 0. The fraction of sp³-hybridized carbons (Fsp3) is 0.314. The number of fused-ring (bicyclic) bond motifs is 6. The fourth-order valence-electron chi connectivity index (χ4n) is 11.1. The Morgan fingerprint density at radius 1 is 0.203 bits per heavy atom. The van der Waals surface area contributed by atoms with Gasteiger partial charge in [-0.05, 0) is 93.0 Å². The first-order valence-corrected chi connectivity index (χ1v) is 28.2. The summed E-state index contributed by atoms with van der Waals surface area (Å²) in [5.41, 5.74) is 2.28. The van der Waals surface area contributed by atoms with Gasteiger partial charge in [-0.25, -0.2) is 0 Å². The minimum atomic E-state index is 0.705. The van der Waals surface area contributed by atoms with E-state index in [1.165, 1.54) is 155 Å². The average Bonchev–Trinajstić information content (AvgIpc) is 3.44. The normalized spacial score (nSPS) is 11.6. The van der Waals surface area contributed by atoms with Gasteiger partial charge in [-0.15, -0.1) is 0 Å². The summed E-state index contributed by atoms with van der Waals surface area (Å²) < 4.78 is 26.4. The van der Waals surface area contributed by atoms with Gasteiger partial charge in [0.25, 0.3) is 0 Å². The second-order valence-corrected chi connectivity index (χ2v) is 20.4. The molecule has 4 nitrogen and oxygen atoms in total. The van der Waals surface area contributed by atoms with Crippen molar-refractivity contribution in [2.75, 3.05) is 26.4 Å². The zero-order chi connectivity index (χ0) is 50.0. The molecule has 0 spiro atoms. The summed E-state index contributed by atoms with van der Waals surface area (Å²) >= 11 is 0. The van der Waals surface area contributed by atoms with Gasteiger partial charge in [-0.1, -0.05) is 248 Å². The molecule has 0 amide bonds. The Hall–Kier alpha value is -7.04. The summed E-state index contributed by atoms with van der Waals surface area (Å²) in [4.78, 5) is 0. The van der Waals surface area contributed by atoms with Crippen molar-refractivity contribution in [2.24, 2.45) is 0 Å². The first kappa shape index (κ1) is 50.5. The maximum atomic E-state index is 6.76. The van der Waals surface area contributed by atoms with Crippen LogP contribution in [0.2, 0.25) is 0 Å². The lowest BCUT2D eigenvalue weighted by Gasteiger charge is -2.20. The summed E-state index contributed by atoms with van der Waals surface area (Å²) in [6.07, 6.45) is 21.8. The van der Waals surface area contributed by atoms with Gasteiger partial charge in [0.2, 0.25) is 0 Å². The maximum absolute atomic E-state index is 6.76. The third-order valence-electron chi connectivity index (χ3n) is 15.1. The maximum Gasteiger partial charge on any atom is 0.134 e. The Kier molecular flexibility index (Phi) is 17.9. The molecule has 0 radical (unpaired) electrons. The van der Waals surface area contributed by atoms with Crippen molar-refractivity contribution in [3.05, 3.63) is 182 Å². The number of unbranched alkanes of at least 4 members (excludes halogenated alkanes) is 16. The van der Waals surface area contributed by atoms with Crippen molar-refractivity contribution in [3.8, 4) is 34.1 Å². The first-order chi connectivity index (χ1) is 36.8. The van der Waals surface area contributed by atoms with Crippen LogP contribution in [0, 0.1) is 0 Å². The molecule has 0 heterocycles. The van der Waals surface area contributed by atoms with Gasteiger partial charge < -0.3 is 18.9 Å². The Bertz CT molecular complexity index is 3060. The molecule has 0 saturated heterocycles. The zero-order valence-electron chi connectivity index (χ0n) is 43.5. The molecule has 0 aliphatic carbocycles. The van der Waals surface area contributed by atoms with Gasteiger partial charge in [-0.2, -0.15) is 0 Å². The monoisotopic (exact) mass is 979 g/mol. The van der Waals surface area contributed by atoms with Gasteiger partial charge >= 0.3 is 0 Å². The summed E-state index contributed by atoms with van der Waals surface area (Å²) in [5.74, 6) is 3.94. The van der Waals surface area contributed by atoms with E-state index in [4.69, 9.17) is 18.9 Å². The van der Waals surface area contributed by atoms with E-state index in [9.17, 15) is 0 Å². The molecule has 378 valence electrons. The van der Waals surface area contributed by atoms with E-state index < -0.39 is 0 Å². The topological polar surface area (TPSA) is 36.9 Å². The number of benzene rings is 10. The SMILES string of the molecule is c1ccc2c(-c3c(OCCCCCCCCCCCOc4c5ccccc5cc5ccccc45)ccc4ccccc34)c(OCCCCCCCCCCCOc3c4ccccc4cc4ccccc34)ccc2c1. The van der Waals surface area contributed by atoms with Crippen molar-refractivity contribution < 1.29 is 18.9 Å². The van der Waals surface area contributed by atoms with Crippen LogP contribution >= 0.6 is 0 Å². The molecule has 10 aromatic carbocycles. The van der Waals surface area contributed by atoms with E-state index in [0.29, 0.717) is 13.2 Å². The molecule has 4 heteroatoms. The van der Waals surface area contributed by atoms with Crippen molar-refractivity contribution in [2.45, 2.75) is 116 Å². The summed E-state index contributed by atoms with van der Waals surface area (Å²) in [6.45, 7) is 2.93. The van der Waals surface area contributed by atoms with Gasteiger partial charge in [0.15, 0.2) is 0 Å². The highest BCUT2D eigenvalue weighted by molar-refractivity contribution is 6.10. The van der Waals surface area contributed by atoms with E-state index in [2.05, 4.69) is 182 Å². The second-order valence-electron chi connectivity index (χ2n) is 20.4. The smallest absolute Gasteiger partial charge is 0.134 e. The van der Waals surface area contributed by atoms with Gasteiger partial charge in [-0.3, -0.25) is 0 Å². The molecule has 10 rings (SSSR count). The van der Waals surface area contributed by atoms with Crippen LogP contribution in [0.15, 0.2) is 182 Å². The molecule has 74 heavy (non-hydrogen) atoms. The molecule has 10 aromatic rings. The minimum absolute atomic E-state index is 0.705. The van der Waals surface area contributed by atoms with Crippen molar-refractivity contribution >= 4 is 64.6 Å². The van der Waals surface area contributed by atoms with E-state index in [0.717, 1.165) is 73.0 Å². The number of rotatable bonds is 29. The highest BCUT2D eigenvalue weighted by Crippen LogP contribution is 2.46. The van der Waals surface area contributed by atoms with Gasteiger partial charge in [0.05, 0.1) is 26.4 Å². The third-order valence-corrected chi connectivity index (χ3v) is 15.1. The third kappa shape index (κ3) is 12.6. The van der Waals surface area contributed by atoms with Crippen LogP contribution in [0.25, 0.3) is 75.8 Å². The molecular weight excluding hydrogens is 905 g/mol. The van der Waals surface area contributed by atoms with Crippen LogP contribution < -0.4 is 18.9 Å². The van der Waals surface area contributed by atoms with Gasteiger partial charge in [0, 0.05) is 32.7 Å². The standard InChI is InChI=1S/C70H74O4/c1(5-9-13-29-49-73-69-61-39-23-17-33-55(61)51-56-34-18-24-40-62(56)69)3-7-11-27-47-71-65-45-43-53-31-15-21-37-59(53)67(65)68-60-38-22-16-32-54(60)44-46-66(68)72-48-28-12-8-4-2-6-10-14-30-50-74-70-63-41-25-19-35-57(63)52-58-36-20-26-42-64(58)70/h15-26,31-46,51-52H,1-14,27-30,47-50H2. The lowest BCUT2D eigenvalue weighted by Crippen LogP contribution is -2.02. The lowest BCUT2D eigenvalue weighted by molar-refractivity contribution is 0.301. The van der Waals surface area contributed by atoms with Crippen LogP contribution in [-0.4, -0.2) is 26.4 Å². The number of hydrogen-bond acceptors (Lipinski definition) is 4. The zero-order valence-corrected chi connectivity index (χ0v) is 43.5. The molecule has 0 atom stereocenters. The van der Waals surface area contributed by atoms with E-state index in [-0.39, 0.29) is 0 Å². The molecule has 0 aromatic heterocycles. The molecule has 0 N–H and O–H groups in total. The highest BCUT2D eigenvalue weighted by atomic mass is 16.5. The quantitative estimate of drug-likeness (QED) is 0.0346. The van der Waals surface area contributed by atoms with Crippen LogP contribution in [-0.2, 0) is 0 Å². The predicted molar refractivity (Wildman–Crippen MR) is 315 cm³/mol. The van der Waals surface area contributed by atoms with E-state index in [1.807, 2.05) is 0 Å². The summed E-state index contributed by atoms with van der Waals surface area (Å²) in [5, 5.41) is 14.6. The Morgan fingerprint density at radius 2 is 0.446 bits per heavy atom. The van der Waals surface area contributed by atoms with Crippen LogP contribution in [0.3, 0.4) is 0 Å². The molecular formula is C70H74O4. The van der Waals surface area contributed by atoms with Crippen molar-refractivity contribution in [3.63, 3.8) is 0 Å². The lowest BCUT2D eigenvalue weighted by atomic mass is 9.92. The highest BCUT2D eigenvalue weighted by Gasteiger charge is 2.19. The molecule has 0 saturated carbocycles. The summed E-state index contributed by atoms with van der Waals surface area (Å²) in [7, 11) is 0. The Labute approximate surface area is 439 Å². The largest absolute Gasteiger partial charge is 0.493 e. The minimum Gasteiger partial charge on any atom is -0.493 e. The van der Waals surface area contributed by atoms with Crippen molar-refractivity contribution in [1.82, 2.24) is 0 Å². The summed E-state index contributed by atoms with van der Waals surface area (Å²) in [6, 6.07) is 65.1. The molecule has 0 aliphatic rings.